The molecule has 0 unspecified atom stereocenters. The maximum absolute atomic E-state index is 13.5. The lowest BCUT2D eigenvalue weighted by molar-refractivity contribution is -0.118. The minimum atomic E-state index is -0.334. The molecule has 1 aromatic carbocycles. The molecule has 0 saturated heterocycles. The van der Waals surface area contributed by atoms with E-state index in [0.29, 0.717) is 31.6 Å². The first kappa shape index (κ1) is 16.2. The van der Waals surface area contributed by atoms with Gasteiger partial charge in [0.1, 0.15) is 5.82 Å². The van der Waals surface area contributed by atoms with E-state index in [1.165, 1.54) is 18.4 Å². The number of benzene rings is 1. The summed E-state index contributed by atoms with van der Waals surface area (Å²) in [4.78, 5) is 25.8. The number of hydrogen-bond acceptors (Lipinski definition) is 3. The van der Waals surface area contributed by atoms with E-state index in [1.54, 1.807) is 23.1 Å². The summed E-state index contributed by atoms with van der Waals surface area (Å²) in [5.41, 5.74) is 1.67. The van der Waals surface area contributed by atoms with Gasteiger partial charge in [0.15, 0.2) is 5.76 Å². The number of carbonyl (C=O) groups is 2. The van der Waals surface area contributed by atoms with Gasteiger partial charge in [-0.15, -0.1) is 0 Å². The zero-order valence-corrected chi connectivity index (χ0v) is 13.3. The van der Waals surface area contributed by atoms with Gasteiger partial charge in [0.25, 0.3) is 5.91 Å². The summed E-state index contributed by atoms with van der Waals surface area (Å²) < 4.78 is 18.5. The number of amides is 2. The van der Waals surface area contributed by atoms with Crippen molar-refractivity contribution >= 4 is 17.5 Å². The van der Waals surface area contributed by atoms with Crippen molar-refractivity contribution < 1.29 is 18.4 Å². The minimum Gasteiger partial charge on any atom is -0.459 e. The molecule has 126 valence electrons. The maximum Gasteiger partial charge on any atom is 0.286 e. The van der Waals surface area contributed by atoms with Gasteiger partial charge < -0.3 is 14.6 Å². The molecule has 0 aliphatic carbocycles. The largest absolute Gasteiger partial charge is 0.459 e. The summed E-state index contributed by atoms with van der Waals surface area (Å²) in [6, 6.07) is 7.82. The molecule has 0 radical (unpaired) electrons. The van der Waals surface area contributed by atoms with E-state index in [1.807, 2.05) is 0 Å². The van der Waals surface area contributed by atoms with Crippen molar-refractivity contribution in [2.45, 2.75) is 25.7 Å². The van der Waals surface area contributed by atoms with Crippen molar-refractivity contribution in [2.75, 3.05) is 18.0 Å². The van der Waals surface area contributed by atoms with Crippen LogP contribution in [-0.4, -0.2) is 24.9 Å². The number of hydrogen-bond donors (Lipinski definition) is 1. The van der Waals surface area contributed by atoms with Crippen molar-refractivity contribution in [3.63, 3.8) is 0 Å². The summed E-state index contributed by atoms with van der Waals surface area (Å²) in [7, 11) is 0. The van der Waals surface area contributed by atoms with Gasteiger partial charge >= 0.3 is 0 Å². The first-order chi connectivity index (χ1) is 11.6. The second-order valence-electron chi connectivity index (χ2n) is 5.76. The third-order valence-electron chi connectivity index (χ3n) is 4.06. The van der Waals surface area contributed by atoms with Gasteiger partial charge in [-0.2, -0.15) is 0 Å². The predicted molar refractivity (Wildman–Crippen MR) is 87.3 cm³/mol. The van der Waals surface area contributed by atoms with E-state index in [-0.39, 0.29) is 23.4 Å². The molecule has 1 N–H and O–H groups in total. The lowest BCUT2D eigenvalue weighted by Crippen LogP contribution is -2.36. The summed E-state index contributed by atoms with van der Waals surface area (Å²) in [6.45, 7) is 0.989. The molecule has 0 fully saturated rings. The quantitative estimate of drug-likeness (QED) is 0.858. The van der Waals surface area contributed by atoms with Gasteiger partial charge in [-0.3, -0.25) is 9.59 Å². The van der Waals surface area contributed by atoms with Crippen LogP contribution in [0.4, 0.5) is 10.1 Å². The monoisotopic (exact) mass is 330 g/mol. The molecular formula is C18H19FN2O3. The molecule has 0 spiro atoms. The lowest BCUT2D eigenvalue weighted by Gasteiger charge is -2.29. The fourth-order valence-electron chi connectivity index (χ4n) is 2.88. The molecule has 1 aromatic heterocycles. The Balaban J connectivity index is 1.51. The van der Waals surface area contributed by atoms with Crippen LogP contribution in [0.3, 0.4) is 0 Å². The normalized spacial score (nSPS) is 13.5. The topological polar surface area (TPSA) is 62.6 Å². The first-order valence-corrected chi connectivity index (χ1v) is 8.05. The van der Waals surface area contributed by atoms with Gasteiger partial charge in [-0.1, -0.05) is 6.07 Å². The van der Waals surface area contributed by atoms with E-state index in [2.05, 4.69) is 5.32 Å². The van der Waals surface area contributed by atoms with E-state index >= 15 is 0 Å². The molecule has 2 amide bonds. The molecule has 0 atom stereocenters. The smallest absolute Gasteiger partial charge is 0.286 e. The van der Waals surface area contributed by atoms with Crippen molar-refractivity contribution in [1.29, 1.82) is 0 Å². The molecule has 0 saturated carbocycles. The fraction of sp³-hybridized carbons (Fsp3) is 0.333. The predicted octanol–water partition coefficient (Wildman–Crippen LogP) is 2.91. The molecule has 1 aliphatic rings. The van der Waals surface area contributed by atoms with E-state index in [0.717, 1.165) is 18.4 Å². The maximum atomic E-state index is 13.5. The van der Waals surface area contributed by atoms with Gasteiger partial charge in [0.2, 0.25) is 5.91 Å². The average molecular weight is 330 g/mol. The number of nitrogens with zero attached hydrogens (tertiary/aromatic N) is 1. The van der Waals surface area contributed by atoms with Crippen LogP contribution in [0, 0.1) is 5.82 Å². The second kappa shape index (κ2) is 7.29. The lowest BCUT2D eigenvalue weighted by atomic mass is 10.0. The van der Waals surface area contributed by atoms with Crippen LogP contribution in [0.25, 0.3) is 0 Å². The molecule has 2 heterocycles. The summed E-state index contributed by atoms with van der Waals surface area (Å²) in [5, 5.41) is 2.71. The fourth-order valence-corrected chi connectivity index (χ4v) is 2.88. The number of nitrogens with one attached hydrogen (secondary N) is 1. The van der Waals surface area contributed by atoms with Crippen molar-refractivity contribution in [2.24, 2.45) is 0 Å². The number of furan rings is 1. The number of carbonyl (C=O) groups excluding carboxylic acids is 2. The van der Waals surface area contributed by atoms with Crippen molar-refractivity contribution in [1.82, 2.24) is 5.32 Å². The zero-order chi connectivity index (χ0) is 16.9. The van der Waals surface area contributed by atoms with Crippen LogP contribution in [-0.2, 0) is 11.2 Å². The number of aryl methyl sites for hydroxylation is 1. The summed E-state index contributed by atoms with van der Waals surface area (Å²) >= 11 is 0. The number of fused-ring (bicyclic) bond motifs is 1. The number of halogens is 1. The van der Waals surface area contributed by atoms with Crippen molar-refractivity contribution in [3.05, 3.63) is 53.7 Å². The first-order valence-electron chi connectivity index (χ1n) is 8.05. The number of anilines is 1. The number of rotatable bonds is 5. The Morgan fingerprint density at radius 3 is 2.96 bits per heavy atom. The van der Waals surface area contributed by atoms with Gasteiger partial charge in [-0.25, -0.2) is 4.39 Å². The SMILES string of the molecule is O=C(NCCCC(=O)N1CCCc2ccc(F)cc21)c1ccco1. The van der Waals surface area contributed by atoms with Crippen LogP contribution < -0.4 is 10.2 Å². The highest BCUT2D eigenvalue weighted by Crippen LogP contribution is 2.28. The van der Waals surface area contributed by atoms with E-state index < -0.39 is 0 Å². The Morgan fingerprint density at radius 2 is 2.17 bits per heavy atom. The van der Waals surface area contributed by atoms with Crippen LogP contribution in [0.2, 0.25) is 0 Å². The molecular weight excluding hydrogens is 311 g/mol. The Kier molecular flexibility index (Phi) is 4.93. The Labute approximate surface area is 139 Å². The molecule has 3 rings (SSSR count). The van der Waals surface area contributed by atoms with Crippen molar-refractivity contribution in [3.8, 4) is 0 Å². The van der Waals surface area contributed by atoms with Gasteiger partial charge in [0.05, 0.1) is 6.26 Å². The third-order valence-corrected chi connectivity index (χ3v) is 4.06. The van der Waals surface area contributed by atoms with E-state index in [9.17, 15) is 14.0 Å². The Hall–Kier alpha value is -2.63. The minimum absolute atomic E-state index is 0.0474. The highest BCUT2D eigenvalue weighted by molar-refractivity contribution is 5.94. The molecule has 1 aliphatic heterocycles. The molecule has 24 heavy (non-hydrogen) atoms. The Bertz CT molecular complexity index is 728. The molecule has 5 nitrogen and oxygen atoms in total. The standard InChI is InChI=1S/C18H19FN2O3/c19-14-8-7-13-4-2-10-21(15(13)12-14)17(22)6-1-9-20-18(23)16-5-3-11-24-16/h3,5,7-8,11-12H,1-2,4,6,9-10H2,(H,20,23). The average Bonchev–Trinajstić information content (AvgIpc) is 3.12. The van der Waals surface area contributed by atoms with E-state index in [4.69, 9.17) is 4.42 Å². The van der Waals surface area contributed by atoms with Crippen LogP contribution in [0.1, 0.15) is 35.4 Å². The van der Waals surface area contributed by atoms with Gasteiger partial charge in [0, 0.05) is 25.2 Å². The molecule has 0 bridgehead atoms. The van der Waals surface area contributed by atoms with Crippen LogP contribution >= 0.6 is 0 Å². The van der Waals surface area contributed by atoms with Crippen LogP contribution in [0.5, 0.6) is 0 Å². The highest BCUT2D eigenvalue weighted by Gasteiger charge is 2.22. The van der Waals surface area contributed by atoms with Gasteiger partial charge in [-0.05, 0) is 49.1 Å². The summed E-state index contributed by atoms with van der Waals surface area (Å²) in [6.07, 6.45) is 3.99. The molecule has 6 heteroatoms. The zero-order valence-electron chi connectivity index (χ0n) is 13.3. The van der Waals surface area contributed by atoms with Crippen LogP contribution in [0.15, 0.2) is 41.0 Å². The second-order valence-corrected chi connectivity index (χ2v) is 5.76. The summed E-state index contributed by atoms with van der Waals surface area (Å²) in [5.74, 6) is -0.424. The molecule has 2 aromatic rings. The third kappa shape index (κ3) is 3.64. The highest BCUT2D eigenvalue weighted by atomic mass is 19.1. The Morgan fingerprint density at radius 1 is 1.29 bits per heavy atom.